The summed E-state index contributed by atoms with van der Waals surface area (Å²) in [5.41, 5.74) is 0.803. The van der Waals surface area contributed by atoms with Crippen LogP contribution in [0, 0.1) is 0 Å². The molecule has 2 aromatic carbocycles. The van der Waals surface area contributed by atoms with Gasteiger partial charge in [0.1, 0.15) is 5.75 Å². The minimum absolute atomic E-state index is 0.188. The van der Waals surface area contributed by atoms with Crippen molar-refractivity contribution in [2.24, 2.45) is 0 Å². The van der Waals surface area contributed by atoms with Gasteiger partial charge in [-0.05, 0) is 40.8 Å². The van der Waals surface area contributed by atoms with E-state index in [1.807, 2.05) is 0 Å². The van der Waals surface area contributed by atoms with Crippen LogP contribution in [0.15, 0.2) is 47.3 Å². The van der Waals surface area contributed by atoms with Crippen molar-refractivity contribution in [1.82, 2.24) is 19.8 Å². The van der Waals surface area contributed by atoms with Gasteiger partial charge in [0.2, 0.25) is 0 Å². The molecule has 0 amide bonds. The average Bonchev–Trinajstić information content (AvgIpc) is 2.89. The van der Waals surface area contributed by atoms with E-state index >= 15 is 0 Å². The smallest absolute Gasteiger partial charge is 0.368 e. The van der Waals surface area contributed by atoms with E-state index in [1.54, 1.807) is 49.6 Å². The van der Waals surface area contributed by atoms with E-state index in [2.05, 4.69) is 10.4 Å². The zero-order valence-electron chi connectivity index (χ0n) is 12.1. The Morgan fingerprint density at radius 3 is 2.65 bits per heavy atom. The molecule has 0 radical (unpaired) electrons. The van der Waals surface area contributed by atoms with Gasteiger partial charge >= 0.3 is 5.69 Å². The summed E-state index contributed by atoms with van der Waals surface area (Å²) in [6.45, 7) is 0.188. The second-order valence-corrected chi connectivity index (χ2v) is 5.58. The second kappa shape index (κ2) is 6.44. The molecule has 0 fully saturated rings. The van der Waals surface area contributed by atoms with E-state index in [9.17, 15) is 4.79 Å². The summed E-state index contributed by atoms with van der Waals surface area (Å²) in [5, 5.41) is 8.74. The van der Waals surface area contributed by atoms with Gasteiger partial charge in [0.05, 0.1) is 24.4 Å². The van der Waals surface area contributed by atoms with Gasteiger partial charge in [-0.25, -0.2) is 4.79 Å². The summed E-state index contributed by atoms with van der Waals surface area (Å²) in [4.78, 5) is 12.5. The van der Waals surface area contributed by atoms with Gasteiger partial charge in [0, 0.05) is 10.6 Å². The van der Waals surface area contributed by atoms with Crippen molar-refractivity contribution < 1.29 is 4.74 Å². The molecule has 3 aromatic rings. The molecule has 6 nitrogen and oxygen atoms in total. The average molecular weight is 351 g/mol. The molecule has 118 valence electrons. The highest BCUT2D eigenvalue weighted by Crippen LogP contribution is 2.23. The Bertz CT molecular complexity index is 904. The molecule has 0 unspecified atom stereocenters. The first-order chi connectivity index (χ1) is 11.1. The van der Waals surface area contributed by atoms with Gasteiger partial charge in [-0.1, -0.05) is 35.3 Å². The number of para-hydroxylation sites is 1. The Labute approximate surface area is 141 Å². The topological polar surface area (TPSA) is 61.9 Å². The fourth-order valence-corrected chi connectivity index (χ4v) is 2.59. The molecule has 0 bridgehead atoms. The maximum Gasteiger partial charge on any atom is 0.368 e. The number of rotatable bonds is 4. The van der Waals surface area contributed by atoms with Gasteiger partial charge in [-0.15, -0.1) is 0 Å². The monoisotopic (exact) mass is 350 g/mol. The third-order valence-electron chi connectivity index (χ3n) is 3.28. The molecule has 0 saturated carbocycles. The van der Waals surface area contributed by atoms with Crippen molar-refractivity contribution in [3.8, 4) is 11.4 Å². The molecule has 3 rings (SSSR count). The van der Waals surface area contributed by atoms with E-state index < -0.39 is 5.69 Å². The Kier molecular flexibility index (Phi) is 4.36. The van der Waals surface area contributed by atoms with Gasteiger partial charge in [0.25, 0.3) is 0 Å². The Hall–Kier alpha value is -2.31. The summed E-state index contributed by atoms with van der Waals surface area (Å²) in [6, 6.07) is 12.1. The van der Waals surface area contributed by atoms with Crippen LogP contribution in [0.25, 0.3) is 5.69 Å². The number of tetrazole rings is 1. The molecule has 1 aromatic heterocycles. The number of benzene rings is 2. The van der Waals surface area contributed by atoms with Crippen molar-refractivity contribution in [1.29, 1.82) is 0 Å². The van der Waals surface area contributed by atoms with Crippen LogP contribution >= 0.6 is 23.2 Å². The maximum atomic E-state index is 12.5. The molecule has 0 atom stereocenters. The number of ether oxygens (including phenoxy) is 1. The van der Waals surface area contributed by atoms with Crippen LogP contribution in [-0.4, -0.2) is 26.9 Å². The lowest BCUT2D eigenvalue weighted by atomic mass is 10.2. The van der Waals surface area contributed by atoms with E-state index in [0.29, 0.717) is 21.5 Å². The maximum absolute atomic E-state index is 12.5. The zero-order chi connectivity index (χ0) is 16.4. The Morgan fingerprint density at radius 2 is 1.91 bits per heavy atom. The minimum Gasteiger partial charge on any atom is -0.496 e. The molecular weight excluding hydrogens is 339 g/mol. The van der Waals surface area contributed by atoms with Gasteiger partial charge < -0.3 is 4.74 Å². The second-order valence-electron chi connectivity index (χ2n) is 4.74. The Morgan fingerprint density at radius 1 is 1.13 bits per heavy atom. The Balaban J connectivity index is 2.00. The standard InChI is InChI=1S/C15H12Cl2N4O2/c1-23-14-7-6-11(16)8-10(14)9-20-15(22)21(19-18-20)13-5-3-2-4-12(13)17/h2-8H,9H2,1H3. The molecule has 0 aliphatic carbocycles. The molecule has 0 aliphatic heterocycles. The van der Waals surface area contributed by atoms with Crippen molar-refractivity contribution >= 4 is 23.2 Å². The van der Waals surface area contributed by atoms with Crippen LogP contribution in [0.3, 0.4) is 0 Å². The van der Waals surface area contributed by atoms with E-state index in [1.165, 1.54) is 4.68 Å². The molecule has 0 saturated heterocycles. The molecule has 1 heterocycles. The van der Waals surface area contributed by atoms with Crippen LogP contribution in [-0.2, 0) is 6.54 Å². The number of hydrogen-bond donors (Lipinski definition) is 0. The third-order valence-corrected chi connectivity index (χ3v) is 3.84. The summed E-state index contributed by atoms with van der Waals surface area (Å²) >= 11 is 12.1. The molecule has 23 heavy (non-hydrogen) atoms. The number of nitrogens with zero attached hydrogens (tertiary/aromatic N) is 4. The number of hydrogen-bond acceptors (Lipinski definition) is 4. The fraction of sp³-hybridized carbons (Fsp3) is 0.133. The predicted molar refractivity (Wildman–Crippen MR) is 87.7 cm³/mol. The minimum atomic E-state index is -0.403. The van der Waals surface area contributed by atoms with Crippen LogP contribution in [0.4, 0.5) is 0 Å². The first kappa shape index (κ1) is 15.6. The van der Waals surface area contributed by atoms with Crippen molar-refractivity contribution in [2.45, 2.75) is 6.54 Å². The lowest BCUT2D eigenvalue weighted by molar-refractivity contribution is 0.406. The largest absolute Gasteiger partial charge is 0.496 e. The highest BCUT2D eigenvalue weighted by atomic mass is 35.5. The summed E-state index contributed by atoms with van der Waals surface area (Å²) in [6.07, 6.45) is 0. The van der Waals surface area contributed by atoms with Gasteiger partial charge in [-0.2, -0.15) is 9.36 Å². The third kappa shape index (κ3) is 3.09. The molecule has 0 N–H and O–H groups in total. The summed E-state index contributed by atoms with van der Waals surface area (Å²) in [7, 11) is 1.55. The first-order valence-corrected chi connectivity index (χ1v) is 7.46. The van der Waals surface area contributed by atoms with Gasteiger partial charge in [0.15, 0.2) is 0 Å². The summed E-state index contributed by atoms with van der Waals surface area (Å²) < 4.78 is 7.64. The summed E-state index contributed by atoms with van der Waals surface area (Å²) in [5.74, 6) is 0.619. The highest BCUT2D eigenvalue weighted by molar-refractivity contribution is 6.32. The number of halogens is 2. The molecule has 8 heteroatoms. The highest BCUT2D eigenvalue weighted by Gasteiger charge is 2.13. The predicted octanol–water partition coefficient (Wildman–Crippen LogP) is 2.79. The van der Waals surface area contributed by atoms with E-state index in [4.69, 9.17) is 27.9 Å². The van der Waals surface area contributed by atoms with Crippen LogP contribution in [0.5, 0.6) is 5.75 Å². The molecule has 0 aliphatic rings. The van der Waals surface area contributed by atoms with E-state index in [-0.39, 0.29) is 6.54 Å². The fourth-order valence-electron chi connectivity index (χ4n) is 2.18. The SMILES string of the molecule is COc1ccc(Cl)cc1Cn1nnn(-c2ccccc2Cl)c1=O. The zero-order valence-corrected chi connectivity index (χ0v) is 13.6. The first-order valence-electron chi connectivity index (χ1n) is 6.70. The molecular formula is C15H12Cl2N4O2. The van der Waals surface area contributed by atoms with Crippen LogP contribution < -0.4 is 10.4 Å². The lowest BCUT2D eigenvalue weighted by Gasteiger charge is -2.07. The number of methoxy groups -OCH3 is 1. The van der Waals surface area contributed by atoms with Crippen molar-refractivity contribution in [3.63, 3.8) is 0 Å². The van der Waals surface area contributed by atoms with Gasteiger partial charge in [-0.3, -0.25) is 0 Å². The van der Waals surface area contributed by atoms with Crippen LogP contribution in [0.2, 0.25) is 10.0 Å². The lowest BCUT2D eigenvalue weighted by Crippen LogP contribution is -2.25. The number of aromatic nitrogens is 4. The van der Waals surface area contributed by atoms with E-state index in [0.717, 1.165) is 10.2 Å². The van der Waals surface area contributed by atoms with Crippen LogP contribution in [0.1, 0.15) is 5.56 Å². The normalized spacial score (nSPS) is 10.7. The van der Waals surface area contributed by atoms with Crippen molar-refractivity contribution in [3.05, 3.63) is 68.6 Å². The molecule has 0 spiro atoms. The quantitative estimate of drug-likeness (QED) is 0.725. The van der Waals surface area contributed by atoms with Crippen molar-refractivity contribution in [2.75, 3.05) is 7.11 Å².